The van der Waals surface area contributed by atoms with Crippen molar-refractivity contribution in [1.29, 1.82) is 0 Å². The van der Waals surface area contributed by atoms with Crippen LogP contribution in [0.4, 0.5) is 5.69 Å². The lowest BCUT2D eigenvalue weighted by molar-refractivity contribution is -0.255. The standard InChI is InChI=1S/C14H9Cl3N2O2/c15-10-5-4-8(14(20)21)6-12(10)19-18-7-9-2-1-3-11(16)13(9)17/h1-7,19H,(H,20,21)/p-1/b18-7-. The van der Waals surface area contributed by atoms with Crippen LogP contribution in [0.1, 0.15) is 15.9 Å². The zero-order valence-electron chi connectivity index (χ0n) is 10.4. The van der Waals surface area contributed by atoms with E-state index in [-0.39, 0.29) is 5.56 Å². The molecule has 0 aliphatic rings. The lowest BCUT2D eigenvalue weighted by atomic mass is 10.2. The van der Waals surface area contributed by atoms with E-state index in [4.69, 9.17) is 34.8 Å². The highest BCUT2D eigenvalue weighted by Gasteiger charge is 2.03. The molecule has 108 valence electrons. The van der Waals surface area contributed by atoms with Crippen LogP contribution in [0.3, 0.4) is 0 Å². The predicted molar refractivity (Wildman–Crippen MR) is 83.5 cm³/mol. The Morgan fingerprint density at radius 1 is 1.14 bits per heavy atom. The molecule has 0 amide bonds. The third-order valence-corrected chi connectivity index (χ3v) is 3.74. The zero-order chi connectivity index (χ0) is 15.4. The number of hydrogen-bond acceptors (Lipinski definition) is 4. The number of halogens is 3. The summed E-state index contributed by atoms with van der Waals surface area (Å²) in [7, 11) is 0. The van der Waals surface area contributed by atoms with Gasteiger partial charge in [-0.15, -0.1) is 0 Å². The Bertz CT molecular complexity index is 717. The van der Waals surface area contributed by atoms with Gasteiger partial charge in [0.05, 0.1) is 32.9 Å². The molecule has 7 heteroatoms. The van der Waals surface area contributed by atoms with Crippen LogP contribution in [0.15, 0.2) is 41.5 Å². The summed E-state index contributed by atoms with van der Waals surface area (Å²) < 4.78 is 0. The summed E-state index contributed by atoms with van der Waals surface area (Å²) in [5.74, 6) is -1.29. The molecule has 0 aromatic heterocycles. The number of anilines is 1. The molecule has 0 spiro atoms. The Hall–Kier alpha value is -1.75. The monoisotopic (exact) mass is 341 g/mol. The number of nitrogens with zero attached hydrogens (tertiary/aromatic N) is 1. The number of carboxylic acid groups (broad SMARTS) is 1. The van der Waals surface area contributed by atoms with Crippen molar-refractivity contribution in [2.45, 2.75) is 0 Å². The molecule has 1 N–H and O–H groups in total. The molecule has 0 heterocycles. The molecule has 0 saturated carbocycles. The molecule has 0 aliphatic heterocycles. The summed E-state index contributed by atoms with van der Waals surface area (Å²) in [5.41, 5.74) is 3.60. The van der Waals surface area contributed by atoms with Gasteiger partial charge in [0, 0.05) is 5.56 Å². The Morgan fingerprint density at radius 2 is 1.90 bits per heavy atom. The Kier molecular flexibility index (Phi) is 5.07. The van der Waals surface area contributed by atoms with Gasteiger partial charge in [0.2, 0.25) is 0 Å². The minimum atomic E-state index is -1.29. The van der Waals surface area contributed by atoms with Gasteiger partial charge in [-0.3, -0.25) is 5.43 Å². The smallest absolute Gasteiger partial charge is 0.0754 e. The minimum Gasteiger partial charge on any atom is -0.545 e. The largest absolute Gasteiger partial charge is 0.545 e. The first-order valence-electron chi connectivity index (χ1n) is 5.73. The quantitative estimate of drug-likeness (QED) is 0.683. The van der Waals surface area contributed by atoms with Gasteiger partial charge in [-0.2, -0.15) is 5.10 Å². The van der Waals surface area contributed by atoms with E-state index in [1.807, 2.05) is 0 Å². The number of benzene rings is 2. The van der Waals surface area contributed by atoms with Crippen molar-refractivity contribution in [2.24, 2.45) is 5.10 Å². The van der Waals surface area contributed by atoms with Gasteiger partial charge in [0.15, 0.2) is 0 Å². The first kappa shape index (κ1) is 15.6. The number of hydrogen-bond donors (Lipinski definition) is 1. The van der Waals surface area contributed by atoms with E-state index in [9.17, 15) is 9.90 Å². The normalized spacial score (nSPS) is 10.8. The number of carboxylic acids is 1. The van der Waals surface area contributed by atoms with E-state index in [1.165, 1.54) is 24.4 Å². The fraction of sp³-hybridized carbons (Fsp3) is 0. The molecule has 21 heavy (non-hydrogen) atoms. The maximum absolute atomic E-state index is 10.8. The van der Waals surface area contributed by atoms with E-state index in [2.05, 4.69) is 10.5 Å². The second kappa shape index (κ2) is 6.80. The molecule has 2 aromatic rings. The van der Waals surface area contributed by atoms with Crippen LogP contribution in [0.5, 0.6) is 0 Å². The molecular weight excluding hydrogens is 335 g/mol. The van der Waals surface area contributed by atoms with Gasteiger partial charge in [-0.05, 0) is 23.8 Å². The van der Waals surface area contributed by atoms with Crippen LogP contribution in [0.2, 0.25) is 15.1 Å². The van der Waals surface area contributed by atoms with Gasteiger partial charge >= 0.3 is 0 Å². The maximum Gasteiger partial charge on any atom is 0.0754 e. The second-order valence-electron chi connectivity index (χ2n) is 4.00. The molecule has 0 saturated heterocycles. The van der Waals surface area contributed by atoms with Crippen LogP contribution in [-0.4, -0.2) is 12.2 Å². The molecular formula is C14H8Cl3N2O2-. The Labute approximate surface area is 135 Å². The minimum absolute atomic E-state index is 0.00196. The highest BCUT2D eigenvalue weighted by molar-refractivity contribution is 6.43. The van der Waals surface area contributed by atoms with Crippen molar-refractivity contribution in [2.75, 3.05) is 5.43 Å². The van der Waals surface area contributed by atoms with Crippen LogP contribution in [0, 0.1) is 0 Å². The van der Waals surface area contributed by atoms with Crippen LogP contribution in [-0.2, 0) is 0 Å². The topological polar surface area (TPSA) is 64.5 Å². The number of rotatable bonds is 4. The highest BCUT2D eigenvalue weighted by Crippen LogP contribution is 2.25. The molecule has 0 radical (unpaired) electrons. The first-order valence-corrected chi connectivity index (χ1v) is 6.86. The predicted octanol–water partition coefficient (Wildman–Crippen LogP) is 3.46. The molecule has 0 aliphatic carbocycles. The molecule has 4 nitrogen and oxygen atoms in total. The van der Waals surface area contributed by atoms with E-state index in [0.717, 1.165) is 0 Å². The highest BCUT2D eigenvalue weighted by atomic mass is 35.5. The molecule has 2 rings (SSSR count). The van der Waals surface area contributed by atoms with Crippen LogP contribution >= 0.6 is 34.8 Å². The average Bonchev–Trinajstić information content (AvgIpc) is 2.45. The zero-order valence-corrected chi connectivity index (χ0v) is 12.7. The summed E-state index contributed by atoms with van der Waals surface area (Å²) in [6.45, 7) is 0. The molecule has 0 bridgehead atoms. The number of hydrazone groups is 1. The van der Waals surface area contributed by atoms with Crippen molar-refractivity contribution in [3.8, 4) is 0 Å². The third kappa shape index (κ3) is 3.88. The van der Waals surface area contributed by atoms with Gasteiger partial charge in [-0.25, -0.2) is 0 Å². The summed E-state index contributed by atoms with van der Waals surface area (Å²) in [4.78, 5) is 10.8. The Balaban J connectivity index is 2.19. The summed E-state index contributed by atoms with van der Waals surface area (Å²) in [6, 6.07) is 9.25. The molecule has 0 unspecified atom stereocenters. The summed E-state index contributed by atoms with van der Waals surface area (Å²) in [5, 5.41) is 15.9. The van der Waals surface area contributed by atoms with E-state index >= 15 is 0 Å². The van der Waals surface area contributed by atoms with Crippen LogP contribution < -0.4 is 10.5 Å². The van der Waals surface area contributed by atoms with Gasteiger partial charge in [-0.1, -0.05) is 53.0 Å². The lowest BCUT2D eigenvalue weighted by Gasteiger charge is -2.07. The van der Waals surface area contributed by atoms with E-state index in [0.29, 0.717) is 26.3 Å². The maximum atomic E-state index is 10.8. The SMILES string of the molecule is O=C([O-])c1ccc(Cl)c(N/N=C\c2cccc(Cl)c2Cl)c1. The fourth-order valence-corrected chi connectivity index (χ4v) is 2.05. The van der Waals surface area contributed by atoms with Gasteiger partial charge in [0.25, 0.3) is 0 Å². The molecule has 0 fully saturated rings. The van der Waals surface area contributed by atoms with Crippen molar-refractivity contribution in [1.82, 2.24) is 0 Å². The van der Waals surface area contributed by atoms with Crippen molar-refractivity contribution in [3.05, 3.63) is 62.6 Å². The average molecular weight is 343 g/mol. The summed E-state index contributed by atoms with van der Waals surface area (Å²) >= 11 is 17.8. The van der Waals surface area contributed by atoms with E-state index < -0.39 is 5.97 Å². The molecule has 0 atom stereocenters. The van der Waals surface area contributed by atoms with Gasteiger partial charge in [0.1, 0.15) is 0 Å². The van der Waals surface area contributed by atoms with Crippen LogP contribution in [0.25, 0.3) is 0 Å². The fourth-order valence-electron chi connectivity index (χ4n) is 1.53. The third-order valence-electron chi connectivity index (χ3n) is 2.57. The van der Waals surface area contributed by atoms with Crippen molar-refractivity contribution >= 4 is 52.7 Å². The summed E-state index contributed by atoms with van der Waals surface area (Å²) in [6.07, 6.45) is 1.45. The second-order valence-corrected chi connectivity index (χ2v) is 5.19. The number of carbonyl (C=O) groups is 1. The lowest BCUT2D eigenvalue weighted by Crippen LogP contribution is -2.22. The first-order chi connectivity index (χ1) is 9.99. The van der Waals surface area contributed by atoms with Crippen molar-refractivity contribution in [3.63, 3.8) is 0 Å². The number of aromatic carboxylic acids is 1. The number of carbonyl (C=O) groups excluding carboxylic acids is 1. The van der Waals surface area contributed by atoms with E-state index in [1.54, 1.807) is 18.2 Å². The number of nitrogens with one attached hydrogen (secondary N) is 1. The molecule has 2 aromatic carbocycles. The van der Waals surface area contributed by atoms with Gasteiger partial charge < -0.3 is 9.90 Å². The van der Waals surface area contributed by atoms with Crippen molar-refractivity contribution < 1.29 is 9.90 Å². The Morgan fingerprint density at radius 3 is 2.62 bits per heavy atom.